The summed E-state index contributed by atoms with van der Waals surface area (Å²) in [5.41, 5.74) is 1.24. The maximum atomic E-state index is 12.7. The third-order valence-electron chi connectivity index (χ3n) is 5.28. The molecule has 0 radical (unpaired) electrons. The topological polar surface area (TPSA) is 67.6 Å². The Morgan fingerprint density at radius 2 is 1.96 bits per heavy atom. The number of rotatable bonds is 7. The summed E-state index contributed by atoms with van der Waals surface area (Å²) < 4.78 is 10.8. The molecule has 1 aromatic heterocycles. The molecule has 138 valence electrons. The van der Waals surface area contributed by atoms with E-state index in [1.54, 1.807) is 0 Å². The molecule has 1 amide bonds. The van der Waals surface area contributed by atoms with Crippen LogP contribution in [0.1, 0.15) is 25.0 Å². The highest BCUT2D eigenvalue weighted by Gasteiger charge is 2.53. The first-order chi connectivity index (χ1) is 12.8. The maximum absolute atomic E-state index is 12.7. The molecule has 1 aliphatic heterocycles. The number of amides is 1. The van der Waals surface area contributed by atoms with Gasteiger partial charge in [0.2, 0.25) is 5.91 Å². The standard InChI is InChI=1S/C20H25N3O3/c24-19(21-9-4-10-23-11-13-25-14-12-23)20(7-8-20)18-15-17(26-22-18)16-5-2-1-3-6-16/h1-3,5-6,15H,4,7-14H2,(H,21,24). The second-order valence-corrected chi connectivity index (χ2v) is 7.09. The smallest absolute Gasteiger partial charge is 0.232 e. The van der Waals surface area contributed by atoms with Crippen molar-refractivity contribution in [1.82, 2.24) is 15.4 Å². The SMILES string of the molecule is O=C(NCCCN1CCOCC1)C1(c2cc(-c3ccccc3)on2)CC1. The van der Waals surface area contributed by atoms with Crippen LogP contribution in [0, 0.1) is 0 Å². The third-order valence-corrected chi connectivity index (χ3v) is 5.28. The number of benzene rings is 1. The number of hydrogen-bond acceptors (Lipinski definition) is 5. The van der Waals surface area contributed by atoms with Gasteiger partial charge in [0.05, 0.1) is 24.3 Å². The second kappa shape index (κ2) is 7.60. The van der Waals surface area contributed by atoms with Crippen molar-refractivity contribution in [2.45, 2.75) is 24.7 Å². The summed E-state index contributed by atoms with van der Waals surface area (Å²) in [5, 5.41) is 7.29. The van der Waals surface area contributed by atoms with E-state index in [1.165, 1.54) is 0 Å². The number of carbonyl (C=O) groups excluding carboxylic acids is 1. The van der Waals surface area contributed by atoms with E-state index >= 15 is 0 Å². The lowest BCUT2D eigenvalue weighted by Crippen LogP contribution is -2.39. The minimum absolute atomic E-state index is 0.0763. The van der Waals surface area contributed by atoms with E-state index in [9.17, 15) is 4.79 Å². The fraction of sp³-hybridized carbons (Fsp3) is 0.500. The Hall–Kier alpha value is -2.18. The average molecular weight is 355 g/mol. The zero-order chi connectivity index (χ0) is 17.8. The van der Waals surface area contributed by atoms with Crippen molar-refractivity contribution in [3.63, 3.8) is 0 Å². The largest absolute Gasteiger partial charge is 0.379 e. The summed E-state index contributed by atoms with van der Waals surface area (Å²) in [7, 11) is 0. The maximum Gasteiger partial charge on any atom is 0.232 e. The van der Waals surface area contributed by atoms with Crippen LogP contribution in [0.15, 0.2) is 40.9 Å². The predicted octanol–water partition coefficient (Wildman–Crippen LogP) is 2.21. The fourth-order valence-corrected chi connectivity index (χ4v) is 3.46. The summed E-state index contributed by atoms with van der Waals surface area (Å²) >= 11 is 0. The number of hydrogen-bond donors (Lipinski definition) is 1. The molecule has 6 heteroatoms. The van der Waals surface area contributed by atoms with Crippen molar-refractivity contribution in [1.29, 1.82) is 0 Å². The Kier molecular flexibility index (Phi) is 5.04. The molecule has 2 fully saturated rings. The minimum atomic E-state index is -0.491. The highest BCUT2D eigenvalue weighted by atomic mass is 16.5. The van der Waals surface area contributed by atoms with E-state index in [-0.39, 0.29) is 5.91 Å². The van der Waals surface area contributed by atoms with Gasteiger partial charge in [0.15, 0.2) is 5.76 Å². The molecule has 2 aliphatic rings. The van der Waals surface area contributed by atoms with Crippen molar-refractivity contribution in [3.05, 3.63) is 42.1 Å². The molecule has 2 heterocycles. The molecule has 1 saturated heterocycles. The number of nitrogens with one attached hydrogen (secondary N) is 1. The Bertz CT molecular complexity index is 734. The van der Waals surface area contributed by atoms with Gasteiger partial charge in [-0.3, -0.25) is 9.69 Å². The first kappa shape index (κ1) is 17.2. The molecule has 0 spiro atoms. The summed E-state index contributed by atoms with van der Waals surface area (Å²) in [5.74, 6) is 0.791. The molecule has 0 atom stereocenters. The monoisotopic (exact) mass is 355 g/mol. The number of morpholine rings is 1. The molecule has 6 nitrogen and oxygen atoms in total. The third kappa shape index (κ3) is 3.66. The number of aromatic nitrogens is 1. The van der Waals surface area contributed by atoms with Gasteiger partial charge in [-0.05, 0) is 25.8 Å². The van der Waals surface area contributed by atoms with Crippen LogP contribution in [0.3, 0.4) is 0 Å². The molecule has 4 rings (SSSR count). The molecule has 0 bridgehead atoms. The lowest BCUT2D eigenvalue weighted by atomic mass is 10.0. The highest BCUT2D eigenvalue weighted by Crippen LogP contribution is 2.48. The molecule has 26 heavy (non-hydrogen) atoms. The van der Waals surface area contributed by atoms with Crippen molar-refractivity contribution in [2.24, 2.45) is 0 Å². The molecular weight excluding hydrogens is 330 g/mol. The Labute approximate surface area is 153 Å². The summed E-state index contributed by atoms with van der Waals surface area (Å²) in [6.45, 7) is 5.29. The van der Waals surface area contributed by atoms with Gasteiger partial charge in [-0.1, -0.05) is 35.5 Å². The van der Waals surface area contributed by atoms with E-state index in [4.69, 9.17) is 9.26 Å². The van der Waals surface area contributed by atoms with E-state index < -0.39 is 5.41 Å². The van der Waals surface area contributed by atoms with Gasteiger partial charge in [-0.15, -0.1) is 0 Å². The highest BCUT2D eigenvalue weighted by molar-refractivity contribution is 5.91. The second-order valence-electron chi connectivity index (χ2n) is 7.09. The van der Waals surface area contributed by atoms with Gasteiger partial charge in [0, 0.05) is 31.3 Å². The number of ether oxygens (including phenoxy) is 1. The number of nitrogens with zero attached hydrogens (tertiary/aromatic N) is 2. The van der Waals surface area contributed by atoms with Crippen LogP contribution in [0.25, 0.3) is 11.3 Å². The zero-order valence-corrected chi connectivity index (χ0v) is 14.9. The summed E-state index contributed by atoms with van der Waals surface area (Å²) in [6, 6.07) is 11.8. The quantitative estimate of drug-likeness (QED) is 0.772. The lowest BCUT2D eigenvalue weighted by molar-refractivity contribution is -0.123. The summed E-state index contributed by atoms with van der Waals surface area (Å²) in [4.78, 5) is 15.1. The Balaban J connectivity index is 1.31. The molecule has 1 saturated carbocycles. The minimum Gasteiger partial charge on any atom is -0.379 e. The van der Waals surface area contributed by atoms with E-state index in [0.717, 1.165) is 63.4 Å². The molecule has 1 N–H and O–H groups in total. The van der Waals surface area contributed by atoms with Crippen molar-refractivity contribution >= 4 is 5.91 Å². The van der Waals surface area contributed by atoms with Gasteiger partial charge in [0.25, 0.3) is 0 Å². The molecule has 1 aliphatic carbocycles. The first-order valence-electron chi connectivity index (χ1n) is 9.39. The molecule has 2 aromatic rings. The molecular formula is C20H25N3O3. The van der Waals surface area contributed by atoms with Crippen LogP contribution >= 0.6 is 0 Å². The van der Waals surface area contributed by atoms with Crippen LogP contribution in [0.5, 0.6) is 0 Å². The van der Waals surface area contributed by atoms with Gasteiger partial charge < -0.3 is 14.6 Å². The zero-order valence-electron chi connectivity index (χ0n) is 14.9. The van der Waals surface area contributed by atoms with Crippen LogP contribution in [-0.2, 0) is 14.9 Å². The van der Waals surface area contributed by atoms with Crippen molar-refractivity contribution in [3.8, 4) is 11.3 Å². The Morgan fingerprint density at radius 3 is 2.69 bits per heavy atom. The van der Waals surface area contributed by atoms with E-state index in [2.05, 4.69) is 15.4 Å². The van der Waals surface area contributed by atoms with Crippen LogP contribution in [0.2, 0.25) is 0 Å². The predicted molar refractivity (Wildman–Crippen MR) is 97.7 cm³/mol. The van der Waals surface area contributed by atoms with Gasteiger partial charge >= 0.3 is 0 Å². The van der Waals surface area contributed by atoms with E-state index in [1.807, 2.05) is 36.4 Å². The summed E-state index contributed by atoms with van der Waals surface area (Å²) in [6.07, 6.45) is 2.63. The molecule has 1 aromatic carbocycles. The first-order valence-corrected chi connectivity index (χ1v) is 9.39. The van der Waals surface area contributed by atoms with Crippen molar-refractivity contribution in [2.75, 3.05) is 39.4 Å². The molecule has 0 unspecified atom stereocenters. The van der Waals surface area contributed by atoms with Gasteiger partial charge in [-0.25, -0.2) is 0 Å². The van der Waals surface area contributed by atoms with Gasteiger partial charge in [-0.2, -0.15) is 0 Å². The van der Waals surface area contributed by atoms with Crippen LogP contribution in [-0.4, -0.2) is 55.4 Å². The fourth-order valence-electron chi connectivity index (χ4n) is 3.46. The Morgan fingerprint density at radius 1 is 1.19 bits per heavy atom. The average Bonchev–Trinajstić information content (AvgIpc) is 3.36. The van der Waals surface area contributed by atoms with Crippen molar-refractivity contribution < 1.29 is 14.1 Å². The van der Waals surface area contributed by atoms with Gasteiger partial charge in [0.1, 0.15) is 0 Å². The lowest BCUT2D eigenvalue weighted by Gasteiger charge is -2.26. The number of carbonyl (C=O) groups is 1. The van der Waals surface area contributed by atoms with E-state index in [0.29, 0.717) is 12.3 Å². The van der Waals surface area contributed by atoms with Crippen LogP contribution < -0.4 is 5.32 Å². The normalized spacial score (nSPS) is 19.2. The van der Waals surface area contributed by atoms with Crippen LogP contribution in [0.4, 0.5) is 0 Å².